The van der Waals surface area contributed by atoms with E-state index >= 15 is 0 Å². The summed E-state index contributed by atoms with van der Waals surface area (Å²) in [4.78, 5) is 0.459. The highest BCUT2D eigenvalue weighted by atomic mass is 79.9. The van der Waals surface area contributed by atoms with Crippen LogP contribution in [-0.2, 0) is 4.74 Å². The van der Waals surface area contributed by atoms with Gasteiger partial charge in [0.2, 0.25) is 0 Å². The summed E-state index contributed by atoms with van der Waals surface area (Å²) in [6.45, 7) is 4.02. The highest BCUT2D eigenvalue weighted by Crippen LogP contribution is 2.10. The molecule has 0 N–H and O–H groups in total. The van der Waals surface area contributed by atoms with Crippen molar-refractivity contribution in [3.63, 3.8) is 0 Å². The van der Waals surface area contributed by atoms with E-state index in [2.05, 4.69) is 38.8 Å². The predicted molar refractivity (Wildman–Crippen MR) is 89.2 cm³/mol. The zero-order valence-corrected chi connectivity index (χ0v) is 15.1. The van der Waals surface area contributed by atoms with Crippen molar-refractivity contribution in [3.8, 4) is 0 Å². The van der Waals surface area contributed by atoms with Gasteiger partial charge in [0.15, 0.2) is 0 Å². The van der Waals surface area contributed by atoms with Crippen molar-refractivity contribution >= 4 is 31.9 Å². The minimum absolute atomic E-state index is 0.459. The summed E-state index contributed by atoms with van der Waals surface area (Å²) < 4.78 is 5.58. The first-order chi connectivity index (χ1) is 8.81. The first kappa shape index (κ1) is 18.9. The lowest BCUT2D eigenvalue weighted by atomic mass is 10.1. The number of hydrogen-bond acceptors (Lipinski definition) is 1. The van der Waals surface area contributed by atoms with Gasteiger partial charge in [-0.3, -0.25) is 0 Å². The molecule has 0 aromatic carbocycles. The van der Waals surface area contributed by atoms with Gasteiger partial charge in [-0.05, 0) is 6.42 Å². The number of alkyl halides is 2. The Morgan fingerprint density at radius 3 is 1.83 bits per heavy atom. The summed E-state index contributed by atoms with van der Waals surface area (Å²) in [5, 5.41) is 0.963. The molecule has 0 aromatic rings. The largest absolute Gasteiger partial charge is 0.380 e. The fourth-order valence-corrected chi connectivity index (χ4v) is 2.32. The van der Waals surface area contributed by atoms with E-state index in [1.165, 1.54) is 64.2 Å². The molecule has 0 spiro atoms. The molecule has 110 valence electrons. The Labute approximate surface area is 131 Å². The van der Waals surface area contributed by atoms with Crippen LogP contribution in [0.3, 0.4) is 0 Å². The molecule has 0 saturated carbocycles. The van der Waals surface area contributed by atoms with Crippen LogP contribution in [0.5, 0.6) is 0 Å². The van der Waals surface area contributed by atoms with Crippen molar-refractivity contribution in [2.75, 3.05) is 18.5 Å². The van der Waals surface area contributed by atoms with Crippen molar-refractivity contribution in [1.29, 1.82) is 0 Å². The Kier molecular flexibility index (Phi) is 16.8. The van der Waals surface area contributed by atoms with Crippen LogP contribution >= 0.6 is 31.9 Å². The van der Waals surface area contributed by atoms with Crippen LogP contribution in [0, 0.1) is 0 Å². The van der Waals surface area contributed by atoms with E-state index in [4.69, 9.17) is 4.74 Å². The summed E-state index contributed by atoms with van der Waals surface area (Å²) in [5.41, 5.74) is 0. The zero-order chi connectivity index (χ0) is 13.5. The molecule has 18 heavy (non-hydrogen) atoms. The second kappa shape index (κ2) is 16.0. The Balaban J connectivity index is 2.94. The van der Waals surface area contributed by atoms with Crippen molar-refractivity contribution in [2.45, 2.75) is 76.0 Å². The number of halogens is 2. The van der Waals surface area contributed by atoms with E-state index in [0.29, 0.717) is 4.83 Å². The zero-order valence-electron chi connectivity index (χ0n) is 11.9. The average molecular weight is 386 g/mol. The van der Waals surface area contributed by atoms with Gasteiger partial charge in [-0.25, -0.2) is 0 Å². The summed E-state index contributed by atoms with van der Waals surface area (Å²) in [6.07, 6.45) is 13.9. The van der Waals surface area contributed by atoms with Gasteiger partial charge in [0.05, 0.1) is 6.61 Å². The van der Waals surface area contributed by atoms with Crippen LogP contribution in [0.4, 0.5) is 0 Å². The summed E-state index contributed by atoms with van der Waals surface area (Å²) in [5.74, 6) is 0. The highest BCUT2D eigenvalue weighted by Gasteiger charge is 2.00. The van der Waals surface area contributed by atoms with Gasteiger partial charge in [0.25, 0.3) is 0 Å². The molecule has 0 saturated heterocycles. The third-order valence-corrected chi connectivity index (χ3v) is 5.35. The van der Waals surface area contributed by atoms with Crippen LogP contribution in [0.2, 0.25) is 0 Å². The fourth-order valence-electron chi connectivity index (χ4n) is 1.95. The van der Waals surface area contributed by atoms with Gasteiger partial charge in [-0.15, -0.1) is 0 Å². The van der Waals surface area contributed by atoms with Gasteiger partial charge >= 0.3 is 0 Å². The van der Waals surface area contributed by atoms with Crippen molar-refractivity contribution in [2.24, 2.45) is 0 Å². The maximum absolute atomic E-state index is 5.58. The lowest BCUT2D eigenvalue weighted by Gasteiger charge is -2.07. The summed E-state index contributed by atoms with van der Waals surface area (Å²) >= 11 is 6.96. The monoisotopic (exact) mass is 384 g/mol. The van der Waals surface area contributed by atoms with Crippen molar-refractivity contribution in [3.05, 3.63) is 0 Å². The third kappa shape index (κ3) is 15.0. The average Bonchev–Trinajstić information content (AvgIpc) is 2.39. The smallest absolute Gasteiger partial charge is 0.0599 e. The molecule has 0 aliphatic carbocycles. The summed E-state index contributed by atoms with van der Waals surface area (Å²) in [6, 6.07) is 0. The third-order valence-electron chi connectivity index (χ3n) is 3.11. The Bertz CT molecular complexity index is 153. The van der Waals surface area contributed by atoms with E-state index in [9.17, 15) is 0 Å². The fraction of sp³-hybridized carbons (Fsp3) is 1.00. The predicted octanol–water partition coefficient (Wildman–Crippen LogP) is 6.08. The van der Waals surface area contributed by atoms with E-state index < -0.39 is 0 Å². The molecular weight excluding hydrogens is 356 g/mol. The van der Waals surface area contributed by atoms with Crippen molar-refractivity contribution in [1.82, 2.24) is 0 Å². The molecular formula is C15H30Br2O. The molecule has 1 nitrogen and oxygen atoms in total. The molecule has 0 fully saturated rings. The molecule has 0 aromatic heterocycles. The molecule has 0 aliphatic heterocycles. The highest BCUT2D eigenvalue weighted by molar-refractivity contribution is 9.12. The van der Waals surface area contributed by atoms with Crippen LogP contribution in [0.25, 0.3) is 0 Å². The molecule has 1 unspecified atom stereocenters. The maximum atomic E-state index is 5.58. The van der Waals surface area contributed by atoms with Crippen LogP contribution in [0.1, 0.15) is 71.1 Å². The van der Waals surface area contributed by atoms with Gasteiger partial charge < -0.3 is 4.74 Å². The Hall–Kier alpha value is 0.920. The van der Waals surface area contributed by atoms with Crippen LogP contribution in [0.15, 0.2) is 0 Å². The van der Waals surface area contributed by atoms with E-state index in [0.717, 1.165) is 18.5 Å². The standard InChI is InChI=1S/C15H30Br2O/c1-2-3-4-5-6-7-8-9-10-11-12-18-14-15(17)13-16/h15H,2-14H2,1H3. The van der Waals surface area contributed by atoms with Crippen LogP contribution < -0.4 is 0 Å². The number of rotatable bonds is 14. The Morgan fingerprint density at radius 1 is 0.833 bits per heavy atom. The molecule has 0 bridgehead atoms. The van der Waals surface area contributed by atoms with E-state index in [1.807, 2.05) is 0 Å². The second-order valence-electron chi connectivity index (χ2n) is 5.01. The molecule has 1 atom stereocenters. The number of hydrogen-bond donors (Lipinski definition) is 0. The molecule has 0 heterocycles. The molecule has 0 rings (SSSR count). The second-order valence-corrected chi connectivity index (χ2v) is 6.95. The molecule has 0 aliphatic rings. The van der Waals surface area contributed by atoms with Gasteiger partial charge in [0.1, 0.15) is 0 Å². The summed E-state index contributed by atoms with van der Waals surface area (Å²) in [7, 11) is 0. The maximum Gasteiger partial charge on any atom is 0.0599 e. The number of ether oxygens (including phenoxy) is 1. The SMILES string of the molecule is CCCCCCCCCCCCOCC(Br)CBr. The van der Waals surface area contributed by atoms with E-state index in [-0.39, 0.29) is 0 Å². The Morgan fingerprint density at radius 2 is 1.33 bits per heavy atom. The van der Waals surface area contributed by atoms with Gasteiger partial charge in [0, 0.05) is 16.8 Å². The number of unbranched alkanes of at least 4 members (excludes halogenated alkanes) is 9. The minimum Gasteiger partial charge on any atom is -0.380 e. The first-order valence-electron chi connectivity index (χ1n) is 7.59. The minimum atomic E-state index is 0.459. The lowest BCUT2D eigenvalue weighted by Crippen LogP contribution is -2.10. The quantitative estimate of drug-likeness (QED) is 0.260. The molecule has 3 heteroatoms. The first-order valence-corrected chi connectivity index (χ1v) is 9.62. The van der Waals surface area contributed by atoms with Crippen LogP contribution in [-0.4, -0.2) is 23.4 Å². The lowest BCUT2D eigenvalue weighted by molar-refractivity contribution is 0.135. The van der Waals surface area contributed by atoms with Crippen molar-refractivity contribution < 1.29 is 4.74 Å². The van der Waals surface area contributed by atoms with Gasteiger partial charge in [-0.1, -0.05) is 96.6 Å². The normalized spacial score (nSPS) is 12.8. The van der Waals surface area contributed by atoms with Gasteiger partial charge in [-0.2, -0.15) is 0 Å². The molecule has 0 radical (unpaired) electrons. The van der Waals surface area contributed by atoms with E-state index in [1.54, 1.807) is 0 Å². The topological polar surface area (TPSA) is 9.23 Å². The molecule has 0 amide bonds.